The Bertz CT molecular complexity index is 1100. The quantitative estimate of drug-likeness (QED) is 0.460. The van der Waals surface area contributed by atoms with Gasteiger partial charge in [-0.15, -0.1) is 0 Å². The average Bonchev–Trinajstić information content (AvgIpc) is 3.30. The summed E-state index contributed by atoms with van der Waals surface area (Å²) in [6.07, 6.45) is 3.96. The molecule has 8 nitrogen and oxygen atoms in total. The van der Waals surface area contributed by atoms with Crippen molar-refractivity contribution in [2.45, 2.75) is 19.5 Å². The first-order chi connectivity index (χ1) is 15.0. The van der Waals surface area contributed by atoms with Crippen LogP contribution >= 0.6 is 0 Å². The van der Waals surface area contributed by atoms with Gasteiger partial charge in [0.25, 0.3) is 0 Å². The summed E-state index contributed by atoms with van der Waals surface area (Å²) in [5.41, 5.74) is 16.4. The third-order valence-electron chi connectivity index (χ3n) is 4.90. The maximum absolute atomic E-state index is 6.06. The Labute approximate surface area is 180 Å². The van der Waals surface area contributed by atoms with E-state index in [0.717, 1.165) is 22.3 Å². The molecule has 0 aliphatic carbocycles. The van der Waals surface area contributed by atoms with Crippen molar-refractivity contribution < 1.29 is 0 Å². The van der Waals surface area contributed by atoms with E-state index in [4.69, 9.17) is 11.5 Å². The summed E-state index contributed by atoms with van der Waals surface area (Å²) in [5, 5.41) is 9.01. The monoisotopic (exact) mass is 412 g/mol. The van der Waals surface area contributed by atoms with Crippen molar-refractivity contribution in [1.29, 1.82) is 0 Å². The second-order valence-electron chi connectivity index (χ2n) is 7.16. The van der Waals surface area contributed by atoms with Gasteiger partial charge in [-0.1, -0.05) is 73.8 Å². The lowest BCUT2D eigenvalue weighted by atomic mass is 10.1. The number of benzene rings is 2. The van der Waals surface area contributed by atoms with Gasteiger partial charge in [0, 0.05) is 0 Å². The molecule has 0 bridgehead atoms. The normalized spacial score (nSPS) is 10.8. The van der Waals surface area contributed by atoms with Gasteiger partial charge in [0.15, 0.2) is 11.6 Å². The Balaban J connectivity index is 1.45. The minimum atomic E-state index is 0.345. The molecule has 2 aromatic heterocycles. The fourth-order valence-electron chi connectivity index (χ4n) is 3.19. The number of nitrogens with zero attached hydrogens (tertiary/aromatic N) is 6. The molecule has 0 fully saturated rings. The Morgan fingerprint density at radius 1 is 0.677 bits per heavy atom. The predicted octanol–water partition coefficient (Wildman–Crippen LogP) is 3.01. The van der Waals surface area contributed by atoms with Gasteiger partial charge in [0.1, 0.15) is 0 Å². The molecule has 31 heavy (non-hydrogen) atoms. The smallest absolute Gasteiger partial charge is 0.219 e. The molecule has 2 heterocycles. The molecule has 4 N–H and O–H groups in total. The van der Waals surface area contributed by atoms with Crippen LogP contribution in [-0.2, 0) is 19.5 Å². The molecule has 0 saturated heterocycles. The van der Waals surface area contributed by atoms with Crippen LogP contribution < -0.4 is 11.5 Å². The first-order valence-corrected chi connectivity index (χ1v) is 9.85. The van der Waals surface area contributed by atoms with Crippen LogP contribution in [0.4, 0.5) is 11.9 Å². The van der Waals surface area contributed by atoms with Gasteiger partial charge in [-0.25, -0.2) is 9.36 Å². The summed E-state index contributed by atoms with van der Waals surface area (Å²) in [5.74, 6) is 1.79. The highest BCUT2D eigenvalue weighted by atomic mass is 15.4. The summed E-state index contributed by atoms with van der Waals surface area (Å²) >= 11 is 0. The Kier molecular flexibility index (Phi) is 5.61. The molecule has 0 atom stereocenters. The molecule has 0 saturated carbocycles. The topological polar surface area (TPSA) is 113 Å². The summed E-state index contributed by atoms with van der Waals surface area (Å²) in [6.45, 7) is 8.59. The first kappa shape index (κ1) is 20.1. The molecule has 156 valence electrons. The summed E-state index contributed by atoms with van der Waals surface area (Å²) < 4.78 is 3.33. The molecular formula is C23H24N8. The number of hydrogen-bond acceptors (Lipinski definition) is 6. The van der Waals surface area contributed by atoms with E-state index >= 15 is 0 Å². The van der Waals surface area contributed by atoms with E-state index < -0.39 is 0 Å². The minimum absolute atomic E-state index is 0.345. The lowest BCUT2D eigenvalue weighted by Gasteiger charge is -2.03. The summed E-state index contributed by atoms with van der Waals surface area (Å²) in [7, 11) is 0. The number of anilines is 2. The van der Waals surface area contributed by atoms with Crippen molar-refractivity contribution in [2.75, 3.05) is 11.5 Å². The van der Waals surface area contributed by atoms with Crippen molar-refractivity contribution in [3.8, 4) is 0 Å². The lowest BCUT2D eigenvalue weighted by molar-refractivity contribution is 0.670. The lowest BCUT2D eigenvalue weighted by Crippen LogP contribution is -2.07. The molecule has 2 aromatic carbocycles. The van der Waals surface area contributed by atoms with E-state index in [0.29, 0.717) is 43.1 Å². The zero-order chi connectivity index (χ0) is 21.8. The standard InChI is InChI=1S/C23H24N8/c1-3-16-5-9-18(10-6-16)14-30-22(24)26-20(28-30)13-21-27-23(25)31(29-21)15-19-11-7-17(4-2)8-12-19/h3-12H,1-2,13-15H2,(H2,24,26,28)(H2,25,27,29). The van der Waals surface area contributed by atoms with Crippen molar-refractivity contribution >= 4 is 24.0 Å². The third-order valence-corrected chi connectivity index (χ3v) is 4.90. The minimum Gasteiger partial charge on any atom is -0.368 e. The largest absolute Gasteiger partial charge is 0.368 e. The molecule has 0 aliphatic rings. The van der Waals surface area contributed by atoms with Crippen LogP contribution in [0, 0.1) is 0 Å². The Hall–Kier alpha value is -4.20. The van der Waals surface area contributed by atoms with Gasteiger partial charge in [-0.2, -0.15) is 20.2 Å². The van der Waals surface area contributed by atoms with Crippen LogP contribution in [0.1, 0.15) is 33.9 Å². The van der Waals surface area contributed by atoms with E-state index in [1.165, 1.54) is 0 Å². The number of nitrogen functional groups attached to an aromatic ring is 2. The van der Waals surface area contributed by atoms with E-state index in [1.54, 1.807) is 21.5 Å². The highest BCUT2D eigenvalue weighted by Crippen LogP contribution is 2.13. The number of aromatic nitrogens is 6. The molecule has 0 spiro atoms. The van der Waals surface area contributed by atoms with Crippen LogP contribution in [0.5, 0.6) is 0 Å². The second kappa shape index (κ2) is 8.66. The summed E-state index contributed by atoms with van der Waals surface area (Å²) in [4.78, 5) is 8.70. The van der Waals surface area contributed by atoms with Crippen LogP contribution in [0.3, 0.4) is 0 Å². The zero-order valence-corrected chi connectivity index (χ0v) is 17.1. The van der Waals surface area contributed by atoms with Gasteiger partial charge in [-0.05, 0) is 22.3 Å². The zero-order valence-electron chi connectivity index (χ0n) is 17.1. The van der Waals surface area contributed by atoms with Crippen molar-refractivity contribution in [3.05, 3.63) is 95.6 Å². The van der Waals surface area contributed by atoms with Gasteiger partial charge < -0.3 is 11.5 Å². The van der Waals surface area contributed by atoms with E-state index in [2.05, 4.69) is 33.3 Å². The number of rotatable bonds is 8. The average molecular weight is 413 g/mol. The maximum Gasteiger partial charge on any atom is 0.219 e. The van der Waals surface area contributed by atoms with E-state index in [9.17, 15) is 0 Å². The second-order valence-corrected chi connectivity index (χ2v) is 7.16. The molecular weight excluding hydrogens is 388 g/mol. The molecule has 4 rings (SSSR count). The maximum atomic E-state index is 6.06. The molecule has 0 radical (unpaired) electrons. The van der Waals surface area contributed by atoms with Crippen LogP contribution in [-0.4, -0.2) is 29.5 Å². The van der Waals surface area contributed by atoms with Gasteiger partial charge in [0.2, 0.25) is 11.9 Å². The fraction of sp³-hybridized carbons (Fsp3) is 0.130. The van der Waals surface area contributed by atoms with Gasteiger partial charge in [0.05, 0.1) is 19.5 Å². The Morgan fingerprint density at radius 3 is 1.42 bits per heavy atom. The predicted molar refractivity (Wildman–Crippen MR) is 123 cm³/mol. The number of hydrogen-bond donors (Lipinski definition) is 2. The third kappa shape index (κ3) is 4.69. The van der Waals surface area contributed by atoms with Crippen LogP contribution in [0.25, 0.3) is 12.2 Å². The number of nitrogens with two attached hydrogens (primary N) is 2. The van der Waals surface area contributed by atoms with Crippen LogP contribution in [0.15, 0.2) is 61.7 Å². The van der Waals surface area contributed by atoms with Gasteiger partial charge in [-0.3, -0.25) is 0 Å². The van der Waals surface area contributed by atoms with Crippen molar-refractivity contribution in [3.63, 3.8) is 0 Å². The summed E-state index contributed by atoms with van der Waals surface area (Å²) in [6, 6.07) is 16.1. The van der Waals surface area contributed by atoms with Gasteiger partial charge >= 0.3 is 0 Å². The molecule has 0 amide bonds. The first-order valence-electron chi connectivity index (χ1n) is 9.85. The SMILES string of the molecule is C=Cc1ccc(Cn2nc(Cc3nc(N)n(Cc4ccc(C=C)cc4)n3)nc2N)cc1. The van der Waals surface area contributed by atoms with E-state index in [1.807, 2.05) is 48.5 Å². The Morgan fingerprint density at radius 2 is 1.06 bits per heavy atom. The molecule has 4 aromatic rings. The van der Waals surface area contributed by atoms with E-state index in [-0.39, 0.29) is 0 Å². The highest BCUT2D eigenvalue weighted by molar-refractivity contribution is 5.48. The van der Waals surface area contributed by atoms with Crippen molar-refractivity contribution in [1.82, 2.24) is 29.5 Å². The van der Waals surface area contributed by atoms with Crippen molar-refractivity contribution in [2.24, 2.45) is 0 Å². The molecule has 8 heteroatoms. The van der Waals surface area contributed by atoms with Crippen LogP contribution in [0.2, 0.25) is 0 Å². The highest BCUT2D eigenvalue weighted by Gasteiger charge is 2.13. The molecule has 0 unspecified atom stereocenters. The molecule has 0 aliphatic heterocycles. The fourth-order valence-corrected chi connectivity index (χ4v) is 3.19.